The first-order valence-corrected chi connectivity index (χ1v) is 3.85. The van der Waals surface area contributed by atoms with Crippen LogP contribution >= 0.6 is 0 Å². The molecule has 0 aliphatic rings. The third-order valence-corrected chi connectivity index (χ3v) is 1.45. The van der Waals surface area contributed by atoms with E-state index in [-0.39, 0.29) is 0 Å². The van der Waals surface area contributed by atoms with Crippen molar-refractivity contribution in [3.63, 3.8) is 0 Å². The van der Waals surface area contributed by atoms with E-state index >= 15 is 0 Å². The predicted molar refractivity (Wildman–Crippen MR) is 51.5 cm³/mol. The second-order valence-corrected chi connectivity index (χ2v) is 2.83. The number of nitrogens with two attached hydrogens (primary N) is 1. The molecule has 0 fully saturated rings. The lowest BCUT2D eigenvalue weighted by atomic mass is 10.1. The Balaban J connectivity index is 4.56. The van der Waals surface area contributed by atoms with Crippen molar-refractivity contribution < 1.29 is 5.21 Å². The van der Waals surface area contributed by atoms with Gasteiger partial charge in [0.15, 0.2) is 0 Å². The van der Waals surface area contributed by atoms with Gasteiger partial charge in [0.25, 0.3) is 0 Å². The molecule has 0 aromatic rings. The topological polar surface area (TPSA) is 58.6 Å². The van der Waals surface area contributed by atoms with E-state index in [1.54, 1.807) is 6.92 Å². The molecule has 0 aromatic heterocycles. The van der Waals surface area contributed by atoms with E-state index in [1.165, 1.54) is 5.57 Å². The Hall–Kier alpha value is -1.09. The van der Waals surface area contributed by atoms with Crippen molar-refractivity contribution in [2.45, 2.75) is 20.8 Å². The summed E-state index contributed by atoms with van der Waals surface area (Å²) in [5.74, 6) is 0. The predicted octanol–water partition coefficient (Wildman–Crippen LogP) is 1.69. The summed E-state index contributed by atoms with van der Waals surface area (Å²) in [5, 5.41) is 11.5. The number of hydrogen-bond donors (Lipinski definition) is 2. The van der Waals surface area contributed by atoms with Gasteiger partial charge in [0, 0.05) is 6.54 Å². The van der Waals surface area contributed by atoms with E-state index in [9.17, 15) is 0 Å². The van der Waals surface area contributed by atoms with Gasteiger partial charge in [0.05, 0.1) is 5.71 Å². The molecule has 0 aliphatic heterocycles. The zero-order valence-corrected chi connectivity index (χ0v) is 7.83. The van der Waals surface area contributed by atoms with E-state index in [1.807, 2.05) is 26.0 Å². The van der Waals surface area contributed by atoms with Gasteiger partial charge >= 0.3 is 0 Å². The van der Waals surface area contributed by atoms with E-state index in [4.69, 9.17) is 10.9 Å². The number of allylic oxidation sites excluding steroid dienone is 3. The van der Waals surface area contributed by atoms with Gasteiger partial charge in [-0.25, -0.2) is 0 Å². The summed E-state index contributed by atoms with van der Waals surface area (Å²) in [7, 11) is 0. The molecule has 0 bridgehead atoms. The van der Waals surface area contributed by atoms with E-state index in [2.05, 4.69) is 5.16 Å². The third kappa shape index (κ3) is 3.93. The summed E-state index contributed by atoms with van der Waals surface area (Å²) in [4.78, 5) is 0. The van der Waals surface area contributed by atoms with Crippen molar-refractivity contribution in [3.05, 3.63) is 23.3 Å². The molecular formula is C9H16N2O. The lowest BCUT2D eigenvalue weighted by molar-refractivity contribution is 0.319. The summed E-state index contributed by atoms with van der Waals surface area (Å²) in [6, 6.07) is 0. The van der Waals surface area contributed by atoms with Crippen LogP contribution in [0.5, 0.6) is 0 Å². The van der Waals surface area contributed by atoms with Crippen molar-refractivity contribution in [1.29, 1.82) is 0 Å². The van der Waals surface area contributed by atoms with Crippen LogP contribution in [0, 0.1) is 0 Å². The highest BCUT2D eigenvalue weighted by atomic mass is 16.4. The third-order valence-electron chi connectivity index (χ3n) is 1.45. The lowest BCUT2D eigenvalue weighted by Gasteiger charge is -1.99. The Morgan fingerprint density at radius 3 is 2.25 bits per heavy atom. The van der Waals surface area contributed by atoms with Gasteiger partial charge in [-0.15, -0.1) is 0 Å². The van der Waals surface area contributed by atoms with Crippen LogP contribution in [0.1, 0.15) is 20.8 Å². The molecule has 3 nitrogen and oxygen atoms in total. The van der Waals surface area contributed by atoms with Crippen molar-refractivity contribution in [3.8, 4) is 0 Å². The van der Waals surface area contributed by atoms with Crippen LogP contribution in [0.2, 0.25) is 0 Å². The van der Waals surface area contributed by atoms with E-state index < -0.39 is 0 Å². The minimum absolute atomic E-state index is 0.389. The van der Waals surface area contributed by atoms with Crippen molar-refractivity contribution in [1.82, 2.24) is 0 Å². The monoisotopic (exact) mass is 168 g/mol. The van der Waals surface area contributed by atoms with Gasteiger partial charge in [-0.2, -0.15) is 0 Å². The Morgan fingerprint density at radius 2 is 1.92 bits per heavy atom. The molecule has 0 aromatic carbocycles. The highest BCUT2D eigenvalue weighted by Crippen LogP contribution is 1.98. The standard InChI is InChI=1S/C9H16N2O/c1-7(2)4-5-9(6-10)8(3)11-12/h4-5,12H,6,10H2,1-3H3/b9-5-,11-8+. The van der Waals surface area contributed by atoms with E-state index in [0.29, 0.717) is 12.3 Å². The quantitative estimate of drug-likeness (QED) is 0.291. The number of nitrogens with zero attached hydrogens (tertiary/aromatic N) is 1. The molecule has 0 radical (unpaired) electrons. The van der Waals surface area contributed by atoms with Crippen LogP contribution in [0.25, 0.3) is 0 Å². The maximum absolute atomic E-state index is 8.47. The zero-order valence-electron chi connectivity index (χ0n) is 7.83. The largest absolute Gasteiger partial charge is 0.411 e. The fourth-order valence-corrected chi connectivity index (χ4v) is 0.668. The average Bonchev–Trinajstić information content (AvgIpc) is 2.04. The fraction of sp³-hybridized carbons (Fsp3) is 0.444. The zero-order chi connectivity index (χ0) is 9.56. The molecule has 0 rings (SSSR count). The number of hydrogen-bond acceptors (Lipinski definition) is 3. The van der Waals surface area contributed by atoms with Crippen molar-refractivity contribution in [2.75, 3.05) is 6.54 Å². The van der Waals surface area contributed by atoms with Gasteiger partial charge in [0.2, 0.25) is 0 Å². The molecule has 0 heterocycles. The van der Waals surface area contributed by atoms with Crippen LogP contribution < -0.4 is 5.73 Å². The van der Waals surface area contributed by atoms with Crippen molar-refractivity contribution in [2.24, 2.45) is 10.9 Å². The Morgan fingerprint density at radius 1 is 1.33 bits per heavy atom. The SMILES string of the molecule is CC(C)=C/C=C(CN)\C(C)=N\O. The Bertz CT molecular complexity index is 223. The summed E-state index contributed by atoms with van der Waals surface area (Å²) in [5.41, 5.74) is 8.04. The molecule has 0 spiro atoms. The minimum atomic E-state index is 0.389. The summed E-state index contributed by atoms with van der Waals surface area (Å²) in [6.07, 6.45) is 3.81. The van der Waals surface area contributed by atoms with Gasteiger partial charge in [-0.05, 0) is 26.3 Å². The fourth-order valence-electron chi connectivity index (χ4n) is 0.668. The van der Waals surface area contributed by atoms with E-state index in [0.717, 1.165) is 5.57 Å². The maximum atomic E-state index is 8.47. The highest BCUT2D eigenvalue weighted by molar-refractivity contribution is 5.98. The van der Waals surface area contributed by atoms with Crippen LogP contribution in [0.15, 0.2) is 28.5 Å². The van der Waals surface area contributed by atoms with Gasteiger partial charge in [-0.1, -0.05) is 22.9 Å². The minimum Gasteiger partial charge on any atom is -0.411 e. The number of oxime groups is 1. The number of rotatable bonds is 3. The van der Waals surface area contributed by atoms with Crippen molar-refractivity contribution >= 4 is 5.71 Å². The first-order valence-electron chi connectivity index (χ1n) is 3.85. The molecule has 0 saturated heterocycles. The summed E-state index contributed by atoms with van der Waals surface area (Å²) >= 11 is 0. The van der Waals surface area contributed by atoms with Gasteiger partial charge in [0.1, 0.15) is 0 Å². The molecule has 0 atom stereocenters. The molecular weight excluding hydrogens is 152 g/mol. The highest BCUT2D eigenvalue weighted by Gasteiger charge is 1.96. The van der Waals surface area contributed by atoms with Gasteiger partial charge in [-0.3, -0.25) is 0 Å². The average molecular weight is 168 g/mol. The Kier molecular flexibility index (Phi) is 5.04. The van der Waals surface area contributed by atoms with Crippen LogP contribution in [-0.4, -0.2) is 17.5 Å². The molecule has 0 unspecified atom stereocenters. The second kappa shape index (κ2) is 5.55. The molecule has 0 aliphatic carbocycles. The molecule has 3 heteroatoms. The Labute approximate surface area is 73.3 Å². The molecule has 0 amide bonds. The normalized spacial score (nSPS) is 13.0. The van der Waals surface area contributed by atoms with Crippen LogP contribution in [0.4, 0.5) is 0 Å². The van der Waals surface area contributed by atoms with Crippen LogP contribution in [0.3, 0.4) is 0 Å². The maximum Gasteiger partial charge on any atom is 0.0809 e. The molecule has 68 valence electrons. The molecule has 12 heavy (non-hydrogen) atoms. The summed E-state index contributed by atoms with van der Waals surface area (Å²) < 4.78 is 0. The smallest absolute Gasteiger partial charge is 0.0809 e. The first-order chi connectivity index (χ1) is 5.61. The van der Waals surface area contributed by atoms with Crippen LogP contribution in [-0.2, 0) is 0 Å². The van der Waals surface area contributed by atoms with Gasteiger partial charge < -0.3 is 10.9 Å². The summed E-state index contributed by atoms with van der Waals surface area (Å²) in [6.45, 7) is 6.10. The molecule has 0 saturated carbocycles. The lowest BCUT2D eigenvalue weighted by Crippen LogP contribution is -2.10. The second-order valence-electron chi connectivity index (χ2n) is 2.83. The first kappa shape index (κ1) is 10.9. The molecule has 3 N–H and O–H groups in total.